The third-order valence-corrected chi connectivity index (χ3v) is 4.66. The topological polar surface area (TPSA) is 74.1 Å². The summed E-state index contributed by atoms with van der Waals surface area (Å²) in [5.41, 5.74) is 4.68. The Morgan fingerprint density at radius 1 is 0.964 bits per heavy atom. The van der Waals surface area contributed by atoms with Crippen molar-refractivity contribution in [1.82, 2.24) is 19.7 Å². The number of aromatic nitrogens is 4. The van der Waals surface area contributed by atoms with E-state index in [0.29, 0.717) is 18.2 Å². The molecule has 7 nitrogen and oxygen atoms in total. The minimum atomic E-state index is 0.268. The van der Waals surface area contributed by atoms with Crippen molar-refractivity contribution in [2.45, 2.75) is 20.4 Å². The Bertz CT molecular complexity index is 1180. The maximum atomic E-state index is 5.47. The number of nitrogens with zero attached hydrogens (tertiary/aromatic N) is 4. The van der Waals surface area contributed by atoms with Crippen LogP contribution in [0.3, 0.4) is 0 Å². The highest BCUT2D eigenvalue weighted by Crippen LogP contribution is 2.33. The molecule has 140 valence electrons. The zero-order valence-corrected chi connectivity index (χ0v) is 15.6. The molecule has 28 heavy (non-hydrogen) atoms. The van der Waals surface area contributed by atoms with E-state index in [1.165, 1.54) is 0 Å². The summed E-state index contributed by atoms with van der Waals surface area (Å²) >= 11 is 0. The quantitative estimate of drug-likeness (QED) is 0.587. The van der Waals surface area contributed by atoms with E-state index in [1.807, 2.05) is 67.1 Å². The minimum absolute atomic E-state index is 0.268. The number of para-hydroxylation sites is 2. The van der Waals surface area contributed by atoms with E-state index in [2.05, 4.69) is 10.4 Å². The highest BCUT2D eigenvalue weighted by molar-refractivity contribution is 5.78. The monoisotopic (exact) mass is 373 g/mol. The molecule has 0 atom stereocenters. The maximum absolute atomic E-state index is 5.47. The Labute approximate surface area is 162 Å². The van der Waals surface area contributed by atoms with E-state index in [-0.39, 0.29) is 6.79 Å². The van der Waals surface area contributed by atoms with Crippen molar-refractivity contribution in [1.29, 1.82) is 0 Å². The Morgan fingerprint density at radius 3 is 2.54 bits per heavy atom. The van der Waals surface area contributed by atoms with Gasteiger partial charge in [-0.05, 0) is 49.7 Å². The number of nitrogens with one attached hydrogen (secondary N) is 1. The van der Waals surface area contributed by atoms with Gasteiger partial charge in [0, 0.05) is 12.2 Å². The molecule has 0 bridgehead atoms. The number of hydrogen-bond donors (Lipinski definition) is 1. The second kappa shape index (κ2) is 6.53. The molecule has 2 aromatic carbocycles. The molecule has 1 N–H and O–H groups in total. The largest absolute Gasteiger partial charge is 0.454 e. The van der Waals surface area contributed by atoms with Crippen molar-refractivity contribution < 1.29 is 9.47 Å². The summed E-state index contributed by atoms with van der Waals surface area (Å²) in [5, 5.41) is 8.00. The highest BCUT2D eigenvalue weighted by atomic mass is 16.7. The molecule has 1 aliphatic heterocycles. The smallest absolute Gasteiger partial charge is 0.231 e. The predicted molar refractivity (Wildman–Crippen MR) is 106 cm³/mol. The first kappa shape index (κ1) is 16.6. The number of hydrogen-bond acceptors (Lipinski definition) is 6. The molecule has 0 aliphatic carbocycles. The Hall–Kier alpha value is -3.61. The van der Waals surface area contributed by atoms with Gasteiger partial charge in [-0.25, -0.2) is 14.6 Å². The fourth-order valence-electron chi connectivity index (χ4n) is 3.34. The predicted octanol–water partition coefficient (Wildman–Crippen LogP) is 3.77. The van der Waals surface area contributed by atoms with Crippen molar-refractivity contribution in [3.63, 3.8) is 0 Å². The molecule has 0 amide bonds. The van der Waals surface area contributed by atoms with Gasteiger partial charge in [0.2, 0.25) is 6.79 Å². The van der Waals surface area contributed by atoms with Crippen LogP contribution >= 0.6 is 0 Å². The second-order valence-corrected chi connectivity index (χ2v) is 6.76. The zero-order chi connectivity index (χ0) is 19.1. The first-order valence-electron chi connectivity index (χ1n) is 9.10. The summed E-state index contributed by atoms with van der Waals surface area (Å²) in [6.45, 7) is 4.83. The molecular formula is C21H19N5O2. The van der Waals surface area contributed by atoms with Gasteiger partial charge in [0.15, 0.2) is 23.1 Å². The van der Waals surface area contributed by atoms with Crippen LogP contribution in [0.15, 0.2) is 48.5 Å². The summed E-state index contributed by atoms with van der Waals surface area (Å²) in [6.07, 6.45) is 0. The summed E-state index contributed by atoms with van der Waals surface area (Å²) < 4.78 is 12.7. The van der Waals surface area contributed by atoms with Gasteiger partial charge >= 0.3 is 0 Å². The van der Waals surface area contributed by atoms with Crippen LogP contribution in [-0.4, -0.2) is 26.5 Å². The molecule has 0 spiro atoms. The second-order valence-electron chi connectivity index (χ2n) is 6.76. The number of aryl methyl sites for hydroxylation is 2. The number of ether oxygens (including phenoxy) is 2. The van der Waals surface area contributed by atoms with Crippen LogP contribution in [0.1, 0.15) is 17.0 Å². The van der Waals surface area contributed by atoms with Crippen molar-refractivity contribution in [3.8, 4) is 17.3 Å². The highest BCUT2D eigenvalue weighted by Gasteiger charge is 2.16. The Balaban J connectivity index is 1.53. The average molecular weight is 373 g/mol. The van der Waals surface area contributed by atoms with Crippen LogP contribution in [0, 0.1) is 13.8 Å². The van der Waals surface area contributed by atoms with Crippen molar-refractivity contribution in [3.05, 3.63) is 65.5 Å². The molecule has 5 rings (SSSR count). The summed E-state index contributed by atoms with van der Waals surface area (Å²) in [5.74, 6) is 2.91. The molecule has 3 heterocycles. The van der Waals surface area contributed by atoms with E-state index in [0.717, 1.165) is 39.5 Å². The summed E-state index contributed by atoms with van der Waals surface area (Å²) in [6, 6.07) is 15.8. The van der Waals surface area contributed by atoms with E-state index < -0.39 is 0 Å². The van der Waals surface area contributed by atoms with E-state index in [9.17, 15) is 0 Å². The SMILES string of the molecule is Cc1cc(C)n(-c2nc3ccccc3nc2NCc2ccc3c(c2)OCO3)n1. The first-order valence-corrected chi connectivity index (χ1v) is 9.10. The van der Waals surface area contributed by atoms with Gasteiger partial charge in [-0.3, -0.25) is 0 Å². The molecule has 0 saturated heterocycles. The molecular weight excluding hydrogens is 354 g/mol. The summed E-state index contributed by atoms with van der Waals surface area (Å²) in [4.78, 5) is 9.62. The summed E-state index contributed by atoms with van der Waals surface area (Å²) in [7, 11) is 0. The lowest BCUT2D eigenvalue weighted by Crippen LogP contribution is -2.11. The maximum Gasteiger partial charge on any atom is 0.231 e. The Kier molecular flexibility index (Phi) is 3.86. The molecule has 0 fully saturated rings. The fourth-order valence-corrected chi connectivity index (χ4v) is 3.34. The van der Waals surface area contributed by atoms with Crippen LogP contribution in [0.25, 0.3) is 16.9 Å². The third-order valence-electron chi connectivity index (χ3n) is 4.66. The van der Waals surface area contributed by atoms with Crippen LogP contribution in [0.2, 0.25) is 0 Å². The van der Waals surface area contributed by atoms with Gasteiger partial charge in [-0.2, -0.15) is 5.10 Å². The van der Waals surface area contributed by atoms with Crippen molar-refractivity contribution in [2.75, 3.05) is 12.1 Å². The standard InChI is InChI=1S/C21H19N5O2/c1-13-9-14(2)26(25-13)21-20(23-16-5-3-4-6-17(16)24-21)22-11-15-7-8-18-19(10-15)28-12-27-18/h3-10H,11-12H2,1-2H3,(H,22,23). The molecule has 2 aromatic heterocycles. The van der Waals surface area contributed by atoms with Gasteiger partial charge in [0.05, 0.1) is 16.7 Å². The number of fused-ring (bicyclic) bond motifs is 2. The van der Waals surface area contributed by atoms with Crippen LogP contribution in [-0.2, 0) is 6.54 Å². The number of benzene rings is 2. The van der Waals surface area contributed by atoms with Gasteiger partial charge in [-0.15, -0.1) is 0 Å². The normalized spacial score (nSPS) is 12.5. The van der Waals surface area contributed by atoms with Gasteiger partial charge < -0.3 is 14.8 Å². The van der Waals surface area contributed by atoms with Crippen molar-refractivity contribution in [2.24, 2.45) is 0 Å². The first-order chi connectivity index (χ1) is 13.7. The molecule has 4 aromatic rings. The lowest BCUT2D eigenvalue weighted by atomic mass is 10.2. The average Bonchev–Trinajstić information content (AvgIpc) is 3.30. The molecule has 0 radical (unpaired) electrons. The van der Waals surface area contributed by atoms with E-state index in [4.69, 9.17) is 19.4 Å². The van der Waals surface area contributed by atoms with Crippen LogP contribution in [0.5, 0.6) is 11.5 Å². The zero-order valence-electron chi connectivity index (χ0n) is 15.6. The third kappa shape index (κ3) is 2.90. The molecule has 7 heteroatoms. The van der Waals surface area contributed by atoms with Crippen LogP contribution < -0.4 is 14.8 Å². The van der Waals surface area contributed by atoms with E-state index >= 15 is 0 Å². The van der Waals surface area contributed by atoms with Crippen LogP contribution in [0.4, 0.5) is 5.82 Å². The number of rotatable bonds is 4. The van der Waals surface area contributed by atoms with E-state index in [1.54, 1.807) is 0 Å². The number of anilines is 1. The van der Waals surface area contributed by atoms with Gasteiger partial charge in [0.25, 0.3) is 0 Å². The van der Waals surface area contributed by atoms with Gasteiger partial charge in [0.1, 0.15) is 0 Å². The van der Waals surface area contributed by atoms with Crippen molar-refractivity contribution >= 4 is 16.9 Å². The Morgan fingerprint density at radius 2 is 1.75 bits per heavy atom. The minimum Gasteiger partial charge on any atom is -0.454 e. The lowest BCUT2D eigenvalue weighted by molar-refractivity contribution is 0.174. The molecule has 0 unspecified atom stereocenters. The molecule has 1 aliphatic rings. The fraction of sp³-hybridized carbons (Fsp3) is 0.190. The van der Waals surface area contributed by atoms with Gasteiger partial charge in [-0.1, -0.05) is 18.2 Å². The molecule has 0 saturated carbocycles. The lowest BCUT2D eigenvalue weighted by Gasteiger charge is -2.13.